The van der Waals surface area contributed by atoms with Crippen molar-refractivity contribution in [2.24, 2.45) is 0 Å². The number of ether oxygens (including phenoxy) is 4. The SMILES string of the molecule is CCCCCCCCCCCOC(=O)CCCCCN(CCCCCCCC(=O)OC(COCCCCCC)COCCCCCC)CCCNc1c(NC)c(=O)c1=O. The van der Waals surface area contributed by atoms with Crippen LogP contribution in [0.15, 0.2) is 9.59 Å². The third-order valence-electron chi connectivity index (χ3n) is 11.0. The van der Waals surface area contributed by atoms with E-state index in [9.17, 15) is 19.2 Å². The molecule has 0 spiro atoms. The number of rotatable bonds is 45. The van der Waals surface area contributed by atoms with E-state index < -0.39 is 10.9 Å². The average Bonchev–Trinajstić information content (AvgIpc) is 3.23. The van der Waals surface area contributed by atoms with E-state index in [1.54, 1.807) is 7.05 Å². The van der Waals surface area contributed by atoms with Gasteiger partial charge in [-0.05, 0) is 71.0 Å². The molecule has 11 heteroatoms. The Morgan fingerprint density at radius 1 is 0.508 bits per heavy atom. The summed E-state index contributed by atoms with van der Waals surface area (Å²) in [4.78, 5) is 51.2. The lowest BCUT2D eigenvalue weighted by molar-refractivity contribution is -0.156. The van der Waals surface area contributed by atoms with Crippen LogP contribution >= 0.6 is 0 Å². The van der Waals surface area contributed by atoms with Gasteiger partial charge in [0.25, 0.3) is 10.9 Å². The second-order valence-electron chi connectivity index (χ2n) is 16.5. The topological polar surface area (TPSA) is 132 Å². The number of carbonyl (C=O) groups is 2. The highest BCUT2D eigenvalue weighted by molar-refractivity contribution is 5.73. The highest BCUT2D eigenvalue weighted by Crippen LogP contribution is 2.15. The molecule has 1 rings (SSSR count). The van der Waals surface area contributed by atoms with Gasteiger partial charge in [-0.2, -0.15) is 0 Å². The predicted octanol–water partition coefficient (Wildman–Crippen LogP) is 10.5. The molecule has 59 heavy (non-hydrogen) atoms. The Hall–Kier alpha value is -2.50. The van der Waals surface area contributed by atoms with Crippen LogP contribution < -0.4 is 21.5 Å². The summed E-state index contributed by atoms with van der Waals surface area (Å²) in [5, 5.41) is 5.97. The molecule has 0 radical (unpaired) electrons. The van der Waals surface area contributed by atoms with Gasteiger partial charge in [0.1, 0.15) is 17.5 Å². The Labute approximate surface area is 359 Å². The number of carbonyl (C=O) groups excluding carboxylic acids is 2. The first-order valence-corrected chi connectivity index (χ1v) is 24.4. The number of unbranched alkanes of at least 4 members (excludes halogenated alkanes) is 20. The van der Waals surface area contributed by atoms with Crippen molar-refractivity contribution in [1.82, 2.24) is 4.90 Å². The van der Waals surface area contributed by atoms with Crippen LogP contribution in [0.3, 0.4) is 0 Å². The standard InChI is InChI=1S/C48H89N3O8/c1-5-8-11-14-15-16-17-21-29-39-58-43(52)31-24-22-26-35-51(36-30-33-50-46-45(49-4)47(54)48(46)55)34-25-20-18-19-23-32-44(53)59-42(40-56-37-27-12-9-6-2)41-57-38-28-13-10-7-3/h42,49-50H,5-41H2,1-4H3. The maximum Gasteiger partial charge on any atom is 0.306 e. The van der Waals surface area contributed by atoms with Crippen LogP contribution in [0.25, 0.3) is 0 Å². The highest BCUT2D eigenvalue weighted by atomic mass is 16.6. The van der Waals surface area contributed by atoms with Crippen LogP contribution in [0, 0.1) is 0 Å². The Bertz CT molecular complexity index is 1190. The van der Waals surface area contributed by atoms with Gasteiger partial charge in [-0.1, -0.05) is 136 Å². The molecule has 1 aromatic carbocycles. The molecule has 0 aliphatic carbocycles. The maximum atomic E-state index is 12.7. The summed E-state index contributed by atoms with van der Waals surface area (Å²) in [6, 6.07) is 0. The summed E-state index contributed by atoms with van der Waals surface area (Å²) in [6.07, 6.45) is 29.6. The highest BCUT2D eigenvalue weighted by Gasteiger charge is 2.19. The van der Waals surface area contributed by atoms with E-state index in [2.05, 4.69) is 36.3 Å². The third-order valence-corrected chi connectivity index (χ3v) is 11.0. The zero-order chi connectivity index (χ0) is 43.0. The lowest BCUT2D eigenvalue weighted by Crippen LogP contribution is -2.37. The van der Waals surface area contributed by atoms with Crippen molar-refractivity contribution in [3.05, 3.63) is 20.4 Å². The first-order chi connectivity index (χ1) is 28.9. The normalized spacial score (nSPS) is 11.6. The minimum Gasteiger partial charge on any atom is -0.466 e. The molecule has 0 unspecified atom stereocenters. The van der Waals surface area contributed by atoms with Crippen molar-refractivity contribution < 1.29 is 28.5 Å². The molecule has 0 atom stereocenters. The Morgan fingerprint density at radius 2 is 0.932 bits per heavy atom. The van der Waals surface area contributed by atoms with Gasteiger partial charge in [0.15, 0.2) is 0 Å². The first-order valence-electron chi connectivity index (χ1n) is 24.4. The fourth-order valence-electron chi connectivity index (χ4n) is 7.29. The molecule has 1 aromatic rings. The molecule has 0 amide bonds. The Balaban J connectivity index is 2.37. The average molecular weight is 836 g/mol. The minimum absolute atomic E-state index is 0.0794. The quantitative estimate of drug-likeness (QED) is 0.0370. The van der Waals surface area contributed by atoms with Gasteiger partial charge in [-0.15, -0.1) is 0 Å². The van der Waals surface area contributed by atoms with E-state index in [1.165, 1.54) is 70.6 Å². The van der Waals surface area contributed by atoms with Gasteiger partial charge in [0.05, 0.1) is 19.8 Å². The van der Waals surface area contributed by atoms with E-state index in [1.807, 2.05) is 0 Å². The van der Waals surface area contributed by atoms with E-state index in [4.69, 9.17) is 18.9 Å². The molecule has 344 valence electrons. The number of esters is 2. The van der Waals surface area contributed by atoms with Crippen LogP contribution in [-0.4, -0.2) is 89.2 Å². The summed E-state index contributed by atoms with van der Waals surface area (Å²) >= 11 is 0. The summed E-state index contributed by atoms with van der Waals surface area (Å²) < 4.78 is 23.0. The van der Waals surface area contributed by atoms with Crippen molar-refractivity contribution >= 4 is 23.3 Å². The number of nitrogens with one attached hydrogen (secondary N) is 2. The van der Waals surface area contributed by atoms with Gasteiger partial charge >= 0.3 is 11.9 Å². The van der Waals surface area contributed by atoms with Crippen molar-refractivity contribution in [1.29, 1.82) is 0 Å². The third kappa shape index (κ3) is 30.2. The fourth-order valence-corrected chi connectivity index (χ4v) is 7.29. The summed E-state index contributed by atoms with van der Waals surface area (Å²) in [6.45, 7) is 12.8. The minimum atomic E-state index is -0.457. The molecule has 0 bridgehead atoms. The van der Waals surface area contributed by atoms with Gasteiger partial charge in [0, 0.05) is 39.6 Å². The second-order valence-corrected chi connectivity index (χ2v) is 16.5. The van der Waals surface area contributed by atoms with Gasteiger partial charge in [-0.25, -0.2) is 0 Å². The van der Waals surface area contributed by atoms with Crippen molar-refractivity contribution in [2.45, 2.75) is 207 Å². The molecule has 0 fully saturated rings. The molecule has 2 N–H and O–H groups in total. The zero-order valence-electron chi connectivity index (χ0n) is 38.5. The molecule has 0 heterocycles. The maximum absolute atomic E-state index is 12.7. The smallest absolute Gasteiger partial charge is 0.306 e. The van der Waals surface area contributed by atoms with Crippen molar-refractivity contribution in [3.8, 4) is 0 Å². The lowest BCUT2D eigenvalue weighted by Gasteiger charge is -2.23. The monoisotopic (exact) mass is 836 g/mol. The lowest BCUT2D eigenvalue weighted by atomic mass is 10.1. The number of hydrogen-bond donors (Lipinski definition) is 2. The van der Waals surface area contributed by atoms with Crippen molar-refractivity contribution in [3.63, 3.8) is 0 Å². The van der Waals surface area contributed by atoms with Crippen LogP contribution in [0.5, 0.6) is 0 Å². The first kappa shape index (κ1) is 54.5. The van der Waals surface area contributed by atoms with E-state index in [0.29, 0.717) is 63.8 Å². The zero-order valence-corrected chi connectivity index (χ0v) is 38.5. The summed E-state index contributed by atoms with van der Waals surface area (Å²) in [5.41, 5.74) is -0.141. The van der Waals surface area contributed by atoms with E-state index in [0.717, 1.165) is 116 Å². The van der Waals surface area contributed by atoms with Crippen LogP contribution in [0.4, 0.5) is 11.4 Å². The fraction of sp³-hybridized carbons (Fsp3) is 0.875. The van der Waals surface area contributed by atoms with Gasteiger partial charge < -0.3 is 34.5 Å². The number of hydrogen-bond acceptors (Lipinski definition) is 11. The molecule has 0 saturated heterocycles. The number of nitrogens with zero attached hydrogens (tertiary/aromatic N) is 1. The molecular weight excluding hydrogens is 747 g/mol. The van der Waals surface area contributed by atoms with Gasteiger partial charge in [-0.3, -0.25) is 19.2 Å². The largest absolute Gasteiger partial charge is 0.466 e. The predicted molar refractivity (Wildman–Crippen MR) is 245 cm³/mol. The Kier molecular flexibility index (Phi) is 36.6. The number of anilines is 2. The van der Waals surface area contributed by atoms with Crippen molar-refractivity contribution in [2.75, 3.05) is 76.9 Å². The molecule has 0 aromatic heterocycles. The summed E-state index contributed by atoms with van der Waals surface area (Å²) in [5.74, 6) is -0.249. The molecule has 11 nitrogen and oxygen atoms in total. The van der Waals surface area contributed by atoms with E-state index >= 15 is 0 Å². The van der Waals surface area contributed by atoms with Crippen LogP contribution in [-0.2, 0) is 28.5 Å². The van der Waals surface area contributed by atoms with Gasteiger partial charge in [0.2, 0.25) is 0 Å². The second kappa shape index (κ2) is 39.6. The molecule has 0 saturated carbocycles. The molecular formula is C48H89N3O8. The van der Waals surface area contributed by atoms with Crippen LogP contribution in [0.2, 0.25) is 0 Å². The Morgan fingerprint density at radius 3 is 1.49 bits per heavy atom. The van der Waals surface area contributed by atoms with E-state index in [-0.39, 0.29) is 18.0 Å². The summed E-state index contributed by atoms with van der Waals surface area (Å²) in [7, 11) is 1.66. The molecule has 0 aliphatic rings. The molecule has 0 aliphatic heterocycles. The van der Waals surface area contributed by atoms with Crippen LogP contribution in [0.1, 0.15) is 201 Å².